The maximum absolute atomic E-state index is 12.6. The third kappa shape index (κ3) is 2.79. The predicted octanol–water partition coefficient (Wildman–Crippen LogP) is 2.88. The summed E-state index contributed by atoms with van der Waals surface area (Å²) in [6, 6.07) is 4.97. The number of nitrogens with two attached hydrogens (primary N) is 1. The van der Waals surface area contributed by atoms with Gasteiger partial charge in [0.15, 0.2) is 0 Å². The van der Waals surface area contributed by atoms with Crippen LogP contribution in [0.1, 0.15) is 30.1 Å². The number of hydrogen-bond acceptors (Lipinski definition) is 2. The lowest BCUT2D eigenvalue weighted by Gasteiger charge is -2.29. The zero-order chi connectivity index (χ0) is 12.5. The van der Waals surface area contributed by atoms with Gasteiger partial charge in [-0.05, 0) is 30.5 Å². The first kappa shape index (κ1) is 12.4. The van der Waals surface area contributed by atoms with Gasteiger partial charge in [0, 0.05) is 12.6 Å². The summed E-state index contributed by atoms with van der Waals surface area (Å²) < 4.78 is 43.1. The molecular weight excluding hydrogens is 231 g/mol. The van der Waals surface area contributed by atoms with Crippen molar-refractivity contribution in [2.75, 3.05) is 6.61 Å². The molecule has 94 valence electrons. The Morgan fingerprint density at radius 2 is 2.06 bits per heavy atom. The standard InChI is InChI=1S/C12H14F3NO/c13-12(14,15)9-4-1-3-8(7-9)11-10(16)5-2-6-17-11/h1,3-4,7,10-11H,2,5-6,16H2. The molecule has 1 heterocycles. The molecule has 1 aromatic rings. The van der Waals surface area contributed by atoms with Gasteiger partial charge in [-0.25, -0.2) is 0 Å². The molecule has 1 saturated heterocycles. The molecule has 1 aromatic carbocycles. The van der Waals surface area contributed by atoms with Crippen molar-refractivity contribution in [1.29, 1.82) is 0 Å². The van der Waals surface area contributed by atoms with Crippen LogP contribution in [0.4, 0.5) is 13.2 Å². The number of halogens is 3. The second-order valence-corrected chi connectivity index (χ2v) is 4.22. The minimum absolute atomic E-state index is 0.229. The van der Waals surface area contributed by atoms with Gasteiger partial charge < -0.3 is 10.5 Å². The molecule has 17 heavy (non-hydrogen) atoms. The predicted molar refractivity (Wildman–Crippen MR) is 57.3 cm³/mol. The van der Waals surface area contributed by atoms with E-state index in [0.717, 1.165) is 25.0 Å². The van der Waals surface area contributed by atoms with Crippen LogP contribution in [0.3, 0.4) is 0 Å². The molecule has 1 fully saturated rings. The lowest BCUT2D eigenvalue weighted by Crippen LogP contribution is -2.34. The van der Waals surface area contributed by atoms with E-state index in [1.807, 2.05) is 0 Å². The van der Waals surface area contributed by atoms with Crippen molar-refractivity contribution >= 4 is 0 Å². The molecule has 1 aliphatic heterocycles. The number of ether oxygens (including phenoxy) is 1. The Bertz CT molecular complexity index is 392. The highest BCUT2D eigenvalue weighted by Gasteiger charge is 2.32. The van der Waals surface area contributed by atoms with E-state index in [1.54, 1.807) is 6.07 Å². The molecule has 0 spiro atoms. The van der Waals surface area contributed by atoms with E-state index in [4.69, 9.17) is 10.5 Å². The van der Waals surface area contributed by atoms with Crippen LogP contribution in [0.5, 0.6) is 0 Å². The summed E-state index contributed by atoms with van der Waals surface area (Å²) in [6.45, 7) is 0.550. The van der Waals surface area contributed by atoms with Gasteiger partial charge in [-0.2, -0.15) is 13.2 Å². The Balaban J connectivity index is 2.26. The first-order valence-electron chi connectivity index (χ1n) is 5.53. The zero-order valence-electron chi connectivity index (χ0n) is 9.20. The molecule has 1 aliphatic rings. The zero-order valence-corrected chi connectivity index (χ0v) is 9.20. The maximum atomic E-state index is 12.6. The monoisotopic (exact) mass is 245 g/mol. The van der Waals surface area contributed by atoms with Crippen LogP contribution in [0, 0.1) is 0 Å². The second kappa shape index (κ2) is 4.66. The van der Waals surface area contributed by atoms with Gasteiger partial charge in [-0.15, -0.1) is 0 Å². The highest BCUT2D eigenvalue weighted by atomic mass is 19.4. The van der Waals surface area contributed by atoms with Crippen LogP contribution in [0.2, 0.25) is 0 Å². The number of rotatable bonds is 1. The average Bonchev–Trinajstić information content (AvgIpc) is 2.29. The molecular formula is C12H14F3NO. The van der Waals surface area contributed by atoms with Crippen molar-refractivity contribution in [1.82, 2.24) is 0 Å². The van der Waals surface area contributed by atoms with Crippen LogP contribution in [0.25, 0.3) is 0 Å². The Hall–Kier alpha value is -1.07. The lowest BCUT2D eigenvalue weighted by atomic mass is 9.95. The Morgan fingerprint density at radius 3 is 2.71 bits per heavy atom. The average molecular weight is 245 g/mol. The summed E-state index contributed by atoms with van der Waals surface area (Å²) in [7, 11) is 0. The molecule has 0 saturated carbocycles. The summed E-state index contributed by atoms with van der Waals surface area (Å²) in [4.78, 5) is 0. The molecule has 2 atom stereocenters. The summed E-state index contributed by atoms with van der Waals surface area (Å²) in [5.74, 6) is 0. The van der Waals surface area contributed by atoms with Crippen molar-refractivity contribution < 1.29 is 17.9 Å². The first-order valence-corrected chi connectivity index (χ1v) is 5.53. The number of hydrogen-bond donors (Lipinski definition) is 1. The van der Waals surface area contributed by atoms with E-state index < -0.39 is 17.8 Å². The second-order valence-electron chi connectivity index (χ2n) is 4.22. The van der Waals surface area contributed by atoms with Gasteiger partial charge in [0.2, 0.25) is 0 Å². The Morgan fingerprint density at radius 1 is 1.29 bits per heavy atom. The molecule has 0 bridgehead atoms. The molecule has 2 unspecified atom stereocenters. The summed E-state index contributed by atoms with van der Waals surface area (Å²) in [6.07, 6.45) is -3.11. The van der Waals surface area contributed by atoms with E-state index in [0.29, 0.717) is 12.2 Å². The molecule has 2 N–H and O–H groups in total. The normalized spacial score (nSPS) is 25.9. The van der Waals surface area contributed by atoms with E-state index in [9.17, 15) is 13.2 Å². The fraction of sp³-hybridized carbons (Fsp3) is 0.500. The highest BCUT2D eigenvalue weighted by molar-refractivity contribution is 5.28. The van der Waals surface area contributed by atoms with Gasteiger partial charge in [0.25, 0.3) is 0 Å². The van der Waals surface area contributed by atoms with Crippen molar-refractivity contribution in [2.45, 2.75) is 31.2 Å². The van der Waals surface area contributed by atoms with Crippen LogP contribution in [0.15, 0.2) is 24.3 Å². The maximum Gasteiger partial charge on any atom is 0.416 e. The minimum Gasteiger partial charge on any atom is -0.372 e. The minimum atomic E-state index is -4.32. The largest absolute Gasteiger partial charge is 0.416 e. The topological polar surface area (TPSA) is 35.2 Å². The summed E-state index contributed by atoms with van der Waals surface area (Å²) in [5, 5.41) is 0. The third-order valence-corrected chi connectivity index (χ3v) is 2.91. The van der Waals surface area contributed by atoms with Gasteiger partial charge in [0.05, 0.1) is 11.7 Å². The lowest BCUT2D eigenvalue weighted by molar-refractivity contribution is -0.137. The van der Waals surface area contributed by atoms with Crippen molar-refractivity contribution in [3.05, 3.63) is 35.4 Å². The van der Waals surface area contributed by atoms with Gasteiger partial charge in [-0.1, -0.05) is 12.1 Å². The molecule has 0 aliphatic carbocycles. The van der Waals surface area contributed by atoms with E-state index in [1.165, 1.54) is 6.07 Å². The summed E-state index contributed by atoms with van der Waals surface area (Å²) >= 11 is 0. The van der Waals surface area contributed by atoms with Crippen LogP contribution >= 0.6 is 0 Å². The third-order valence-electron chi connectivity index (χ3n) is 2.91. The smallest absolute Gasteiger partial charge is 0.372 e. The Labute approximate surface area is 97.6 Å². The van der Waals surface area contributed by atoms with E-state index >= 15 is 0 Å². The van der Waals surface area contributed by atoms with Gasteiger partial charge in [-0.3, -0.25) is 0 Å². The molecule has 2 rings (SSSR count). The van der Waals surface area contributed by atoms with Crippen molar-refractivity contribution in [3.63, 3.8) is 0 Å². The van der Waals surface area contributed by atoms with Gasteiger partial charge in [0.1, 0.15) is 0 Å². The molecule has 0 amide bonds. The first-order chi connectivity index (χ1) is 7.98. The van der Waals surface area contributed by atoms with E-state index in [2.05, 4.69) is 0 Å². The van der Waals surface area contributed by atoms with Crippen molar-refractivity contribution in [2.24, 2.45) is 5.73 Å². The SMILES string of the molecule is NC1CCCOC1c1cccc(C(F)(F)F)c1. The number of benzene rings is 1. The fourth-order valence-corrected chi connectivity index (χ4v) is 2.04. The molecule has 2 nitrogen and oxygen atoms in total. The molecule has 0 aromatic heterocycles. The summed E-state index contributed by atoms with van der Waals surface area (Å²) in [5.41, 5.74) is 5.71. The molecule has 5 heteroatoms. The van der Waals surface area contributed by atoms with Crippen LogP contribution in [-0.2, 0) is 10.9 Å². The Kier molecular flexibility index (Phi) is 3.40. The fourth-order valence-electron chi connectivity index (χ4n) is 2.04. The number of alkyl halides is 3. The van der Waals surface area contributed by atoms with E-state index in [-0.39, 0.29) is 6.04 Å². The highest BCUT2D eigenvalue weighted by Crippen LogP contribution is 2.33. The molecule has 0 radical (unpaired) electrons. The van der Waals surface area contributed by atoms with Gasteiger partial charge >= 0.3 is 6.18 Å². The van der Waals surface area contributed by atoms with Crippen LogP contribution < -0.4 is 5.73 Å². The quantitative estimate of drug-likeness (QED) is 0.825. The van der Waals surface area contributed by atoms with Crippen molar-refractivity contribution in [3.8, 4) is 0 Å². The van der Waals surface area contributed by atoms with Crippen LogP contribution in [-0.4, -0.2) is 12.6 Å².